The van der Waals surface area contributed by atoms with E-state index in [4.69, 9.17) is 9.94 Å². The van der Waals surface area contributed by atoms with E-state index in [1.807, 2.05) is 24.3 Å². The third-order valence-corrected chi connectivity index (χ3v) is 5.37. The SMILES string of the molecule is CC12NOC(CCC(=O)NCCO)(c3ccccc31)c1ccccc12. The number of nitrogens with one attached hydrogen (secondary N) is 2. The van der Waals surface area contributed by atoms with Crippen LogP contribution in [0.2, 0.25) is 0 Å². The van der Waals surface area contributed by atoms with Gasteiger partial charge in [0.1, 0.15) is 5.60 Å². The fourth-order valence-electron chi connectivity index (χ4n) is 4.14. The van der Waals surface area contributed by atoms with E-state index in [2.05, 4.69) is 42.0 Å². The molecule has 2 aromatic carbocycles. The summed E-state index contributed by atoms with van der Waals surface area (Å²) in [6.45, 7) is 2.34. The Bertz CT molecular complexity index is 771. The van der Waals surface area contributed by atoms with E-state index in [1.54, 1.807) is 0 Å². The minimum absolute atomic E-state index is 0.0566. The number of aliphatic hydroxyl groups excluding tert-OH is 1. The molecule has 25 heavy (non-hydrogen) atoms. The summed E-state index contributed by atoms with van der Waals surface area (Å²) in [6.07, 6.45) is 0.850. The van der Waals surface area contributed by atoms with Gasteiger partial charge in [0.25, 0.3) is 0 Å². The van der Waals surface area contributed by atoms with Crippen molar-refractivity contribution in [1.82, 2.24) is 10.8 Å². The lowest BCUT2D eigenvalue weighted by molar-refractivity contribution is -0.154. The molecule has 0 saturated heterocycles. The summed E-state index contributed by atoms with van der Waals surface area (Å²) in [4.78, 5) is 18.3. The largest absolute Gasteiger partial charge is 0.395 e. The second-order valence-corrected chi connectivity index (χ2v) is 6.82. The number of hydroxylamine groups is 1. The lowest BCUT2D eigenvalue weighted by Crippen LogP contribution is -2.59. The third kappa shape index (κ3) is 2.31. The molecule has 2 bridgehead atoms. The van der Waals surface area contributed by atoms with Gasteiger partial charge in [0.2, 0.25) is 5.91 Å². The highest BCUT2D eigenvalue weighted by Gasteiger charge is 2.54. The van der Waals surface area contributed by atoms with E-state index in [-0.39, 0.29) is 19.1 Å². The molecule has 5 heteroatoms. The van der Waals surface area contributed by atoms with Gasteiger partial charge >= 0.3 is 0 Å². The lowest BCUT2D eigenvalue weighted by atomic mass is 9.64. The van der Waals surface area contributed by atoms with E-state index in [0.29, 0.717) is 12.8 Å². The maximum Gasteiger partial charge on any atom is 0.220 e. The summed E-state index contributed by atoms with van der Waals surface area (Å²) < 4.78 is 0. The molecule has 1 aliphatic carbocycles. The van der Waals surface area contributed by atoms with Crippen LogP contribution in [-0.4, -0.2) is 24.2 Å². The Balaban J connectivity index is 1.77. The molecule has 0 unspecified atom stereocenters. The first kappa shape index (κ1) is 16.3. The molecule has 2 heterocycles. The fraction of sp³-hybridized carbons (Fsp3) is 0.350. The summed E-state index contributed by atoms with van der Waals surface area (Å²) in [7, 11) is 0. The van der Waals surface area contributed by atoms with E-state index >= 15 is 0 Å². The van der Waals surface area contributed by atoms with Crippen LogP contribution < -0.4 is 10.8 Å². The Morgan fingerprint density at radius 3 is 2.20 bits per heavy atom. The molecule has 0 radical (unpaired) electrons. The van der Waals surface area contributed by atoms with Gasteiger partial charge in [-0.2, -0.15) is 5.48 Å². The van der Waals surface area contributed by atoms with Gasteiger partial charge < -0.3 is 10.4 Å². The minimum atomic E-state index is -0.679. The van der Waals surface area contributed by atoms with Crippen LogP contribution in [0.1, 0.15) is 42.0 Å². The molecule has 3 aliphatic rings. The summed E-state index contributed by atoms with van der Waals surface area (Å²) in [5.41, 5.74) is 6.78. The molecular weight excluding hydrogens is 316 g/mol. The summed E-state index contributed by atoms with van der Waals surface area (Å²) in [5, 5.41) is 11.6. The van der Waals surface area contributed by atoms with Crippen molar-refractivity contribution >= 4 is 5.91 Å². The van der Waals surface area contributed by atoms with E-state index in [0.717, 1.165) is 11.1 Å². The number of hydrogen-bond acceptors (Lipinski definition) is 4. The van der Waals surface area contributed by atoms with Crippen LogP contribution in [0.15, 0.2) is 48.5 Å². The van der Waals surface area contributed by atoms with Crippen molar-refractivity contribution in [3.8, 4) is 0 Å². The van der Waals surface area contributed by atoms with Crippen LogP contribution in [0, 0.1) is 0 Å². The van der Waals surface area contributed by atoms with Crippen molar-refractivity contribution in [2.45, 2.75) is 30.9 Å². The Hall–Kier alpha value is -2.21. The second kappa shape index (κ2) is 5.95. The van der Waals surface area contributed by atoms with E-state index in [9.17, 15) is 4.79 Å². The quantitative estimate of drug-likeness (QED) is 0.779. The number of carbonyl (C=O) groups is 1. The van der Waals surface area contributed by atoms with Gasteiger partial charge in [-0.15, -0.1) is 0 Å². The first-order valence-electron chi connectivity index (χ1n) is 8.64. The molecule has 0 spiro atoms. The first-order valence-corrected chi connectivity index (χ1v) is 8.64. The van der Waals surface area contributed by atoms with Crippen molar-refractivity contribution in [1.29, 1.82) is 0 Å². The molecule has 1 amide bonds. The van der Waals surface area contributed by atoms with Gasteiger partial charge in [-0.3, -0.25) is 9.63 Å². The Morgan fingerprint density at radius 1 is 1.08 bits per heavy atom. The van der Waals surface area contributed by atoms with Gasteiger partial charge in [0.15, 0.2) is 0 Å². The van der Waals surface area contributed by atoms with Gasteiger partial charge in [0, 0.05) is 13.0 Å². The topological polar surface area (TPSA) is 70.6 Å². The average molecular weight is 338 g/mol. The molecule has 2 aliphatic heterocycles. The highest BCUT2D eigenvalue weighted by molar-refractivity contribution is 5.76. The van der Waals surface area contributed by atoms with Crippen molar-refractivity contribution < 1.29 is 14.7 Å². The lowest BCUT2D eigenvalue weighted by Gasteiger charge is -2.54. The molecule has 0 atom stereocenters. The molecule has 0 aromatic heterocycles. The molecule has 2 aromatic rings. The van der Waals surface area contributed by atoms with Crippen LogP contribution in [0.5, 0.6) is 0 Å². The first-order chi connectivity index (χ1) is 12.1. The van der Waals surface area contributed by atoms with Gasteiger partial charge in [-0.25, -0.2) is 0 Å². The molecule has 3 N–H and O–H groups in total. The molecule has 5 rings (SSSR count). The molecule has 130 valence electrons. The van der Waals surface area contributed by atoms with Gasteiger partial charge in [-0.1, -0.05) is 48.5 Å². The second-order valence-electron chi connectivity index (χ2n) is 6.82. The monoisotopic (exact) mass is 338 g/mol. The zero-order valence-electron chi connectivity index (χ0n) is 14.2. The van der Waals surface area contributed by atoms with E-state index in [1.165, 1.54) is 11.1 Å². The maximum atomic E-state index is 12.1. The third-order valence-electron chi connectivity index (χ3n) is 5.37. The Labute approximate surface area is 147 Å². The highest BCUT2D eigenvalue weighted by atomic mass is 16.7. The van der Waals surface area contributed by atoms with E-state index < -0.39 is 11.1 Å². The molecule has 0 saturated carbocycles. The van der Waals surface area contributed by atoms with Crippen molar-refractivity contribution in [3.05, 3.63) is 70.8 Å². The van der Waals surface area contributed by atoms with Crippen molar-refractivity contribution in [3.63, 3.8) is 0 Å². The summed E-state index contributed by atoms with van der Waals surface area (Å²) in [6, 6.07) is 16.5. The number of fused-ring (bicyclic) bond motifs is 1. The van der Waals surface area contributed by atoms with Crippen molar-refractivity contribution in [2.75, 3.05) is 13.2 Å². The minimum Gasteiger partial charge on any atom is -0.395 e. The average Bonchev–Trinajstić information content (AvgIpc) is 2.66. The predicted molar refractivity (Wildman–Crippen MR) is 93.7 cm³/mol. The molecular formula is C20H22N2O3. The number of benzene rings is 2. The number of aliphatic hydroxyl groups is 1. The normalized spacial score (nSPS) is 26.0. The highest BCUT2D eigenvalue weighted by Crippen LogP contribution is 2.54. The van der Waals surface area contributed by atoms with Crippen LogP contribution in [0.25, 0.3) is 0 Å². The van der Waals surface area contributed by atoms with Crippen LogP contribution in [0.3, 0.4) is 0 Å². The zero-order valence-corrected chi connectivity index (χ0v) is 14.2. The smallest absolute Gasteiger partial charge is 0.220 e. The van der Waals surface area contributed by atoms with Gasteiger partial charge in [0.05, 0.1) is 12.1 Å². The number of hydrogen-bond donors (Lipinski definition) is 3. The Kier molecular flexibility index (Phi) is 3.87. The molecule has 0 fully saturated rings. The Morgan fingerprint density at radius 2 is 1.64 bits per heavy atom. The number of carbonyl (C=O) groups excluding carboxylic acids is 1. The van der Waals surface area contributed by atoms with Crippen LogP contribution in [0.4, 0.5) is 0 Å². The number of amides is 1. The van der Waals surface area contributed by atoms with Crippen LogP contribution in [-0.2, 0) is 20.8 Å². The summed E-state index contributed by atoms with van der Waals surface area (Å²) >= 11 is 0. The zero-order chi connectivity index (χ0) is 17.5. The standard InChI is InChI=1S/C20H22N2O3/c1-19-14-6-2-4-8-16(14)20(25-22-19,11-10-18(24)21-12-13-23)17-9-5-3-7-15(17)19/h2-9,22-23H,10-13H2,1H3,(H,21,24). The number of rotatable bonds is 5. The predicted octanol–water partition coefficient (Wildman–Crippen LogP) is 1.93. The molecule has 5 nitrogen and oxygen atoms in total. The van der Waals surface area contributed by atoms with Crippen molar-refractivity contribution in [2.24, 2.45) is 0 Å². The van der Waals surface area contributed by atoms with Gasteiger partial charge in [-0.05, 0) is 35.6 Å². The fourth-order valence-corrected chi connectivity index (χ4v) is 4.14. The summed E-state index contributed by atoms with van der Waals surface area (Å²) in [5.74, 6) is -0.0825. The maximum absolute atomic E-state index is 12.1. The van der Waals surface area contributed by atoms with Crippen LogP contribution >= 0.6 is 0 Å².